The number of benzene rings is 4. The van der Waals surface area contributed by atoms with Crippen molar-refractivity contribution in [2.75, 3.05) is 20.8 Å². The second-order valence-corrected chi connectivity index (χ2v) is 30.6. The third kappa shape index (κ3) is 7.54. The van der Waals surface area contributed by atoms with Crippen molar-refractivity contribution in [3.05, 3.63) is 117 Å². The van der Waals surface area contributed by atoms with E-state index >= 15 is 8.42 Å². The lowest BCUT2D eigenvalue weighted by atomic mass is 9.69. The van der Waals surface area contributed by atoms with E-state index in [0.717, 1.165) is 49.4 Å². The Bertz CT molecular complexity index is 2280. The van der Waals surface area contributed by atoms with Crippen LogP contribution >= 0.6 is 15.9 Å². The summed E-state index contributed by atoms with van der Waals surface area (Å²) in [5, 5.41) is -0.153. The molecule has 0 bridgehead atoms. The molecule has 7 nitrogen and oxygen atoms in total. The highest BCUT2D eigenvalue weighted by Gasteiger charge is 2.57. The van der Waals surface area contributed by atoms with Gasteiger partial charge in [-0.2, -0.15) is 4.31 Å². The van der Waals surface area contributed by atoms with Crippen LogP contribution in [0.5, 0.6) is 23.0 Å². The Labute approximate surface area is 345 Å². The zero-order chi connectivity index (χ0) is 41.2. The van der Waals surface area contributed by atoms with Gasteiger partial charge in [0.05, 0.1) is 24.5 Å². The summed E-state index contributed by atoms with van der Waals surface area (Å²) in [5.74, 6) is 2.86. The van der Waals surface area contributed by atoms with Gasteiger partial charge in [-0.3, -0.25) is 0 Å². The Hall–Kier alpha value is -3.36. The maximum Gasteiger partial charge on any atom is 0.250 e. The van der Waals surface area contributed by atoms with E-state index in [9.17, 15) is 0 Å². The van der Waals surface area contributed by atoms with Crippen LogP contribution in [0, 0.1) is 6.92 Å². The number of hydrogen-bond donors (Lipinski definition) is 0. The Kier molecular flexibility index (Phi) is 11.2. The van der Waals surface area contributed by atoms with Crippen molar-refractivity contribution in [1.29, 1.82) is 0 Å². The molecule has 0 saturated carbocycles. The molecule has 0 saturated heterocycles. The van der Waals surface area contributed by atoms with Crippen LogP contribution in [-0.4, -0.2) is 56.2 Å². The van der Waals surface area contributed by atoms with Gasteiger partial charge in [-0.15, -0.1) is 0 Å². The van der Waals surface area contributed by atoms with Crippen LogP contribution < -0.4 is 18.3 Å². The normalized spacial score (nSPS) is 19.2. The third-order valence-corrected chi connectivity index (χ3v) is 23.9. The van der Waals surface area contributed by atoms with Crippen LogP contribution in [0.3, 0.4) is 0 Å². The van der Waals surface area contributed by atoms with E-state index in [1.807, 2.05) is 49.4 Å². The van der Waals surface area contributed by atoms with Gasteiger partial charge in [0.2, 0.25) is 26.7 Å². The fraction of sp³-hybridized carbons (Fsp3) is 0.422. The van der Waals surface area contributed by atoms with Crippen molar-refractivity contribution in [3.8, 4) is 23.0 Å². The van der Waals surface area contributed by atoms with Gasteiger partial charge in [-0.25, -0.2) is 8.42 Å². The number of halogens is 1. The molecule has 300 valence electrons. The van der Waals surface area contributed by atoms with E-state index in [4.69, 9.17) is 18.3 Å². The van der Waals surface area contributed by atoms with Crippen molar-refractivity contribution in [2.45, 2.75) is 108 Å². The molecule has 6 rings (SSSR count). The molecule has 4 aromatic carbocycles. The molecule has 2 aliphatic rings. The van der Waals surface area contributed by atoms with E-state index in [0.29, 0.717) is 17.9 Å². The molecular formula is C45H58BrNO6SSi2. The molecule has 11 heteroatoms. The molecule has 56 heavy (non-hydrogen) atoms. The maximum absolute atomic E-state index is 15.3. The quantitative estimate of drug-likeness (QED) is 0.148. The fourth-order valence-electron chi connectivity index (χ4n) is 7.36. The number of hydrogen-bond acceptors (Lipinski definition) is 6. The third-order valence-electron chi connectivity index (χ3n) is 12.6. The van der Waals surface area contributed by atoms with Gasteiger partial charge in [0.15, 0.2) is 0 Å². The molecule has 4 aromatic rings. The minimum absolute atomic E-state index is 0.0387. The largest absolute Gasteiger partial charge is 0.543 e. The Morgan fingerprint density at radius 2 is 1.38 bits per heavy atom. The lowest BCUT2D eigenvalue weighted by Crippen LogP contribution is -2.54. The van der Waals surface area contributed by atoms with Crippen LogP contribution in [0.2, 0.25) is 36.3 Å². The maximum atomic E-state index is 15.3. The molecule has 0 aromatic heterocycles. The zero-order valence-electron chi connectivity index (χ0n) is 35.3. The fourth-order valence-corrected chi connectivity index (χ4v) is 11.5. The van der Waals surface area contributed by atoms with E-state index in [-0.39, 0.29) is 21.5 Å². The van der Waals surface area contributed by atoms with Crippen LogP contribution in [-0.2, 0) is 21.9 Å². The monoisotopic (exact) mass is 875 g/mol. The molecule has 0 radical (unpaired) electrons. The summed E-state index contributed by atoms with van der Waals surface area (Å²) in [6, 6.07) is 24.8. The highest BCUT2D eigenvalue weighted by Crippen LogP contribution is 2.58. The smallest absolute Gasteiger partial charge is 0.250 e. The number of aryl methyl sites for hydroxylation is 1. The van der Waals surface area contributed by atoms with Gasteiger partial charge in [0.25, 0.3) is 0 Å². The summed E-state index contributed by atoms with van der Waals surface area (Å²) >= 11 is 3.83. The summed E-state index contributed by atoms with van der Waals surface area (Å²) in [6.07, 6.45) is 2.75. The molecule has 1 heterocycles. The molecule has 0 N–H and O–H groups in total. The number of nitrogens with zero attached hydrogens (tertiary/aromatic N) is 1. The number of fused-ring (bicyclic) bond motifs is 3. The van der Waals surface area contributed by atoms with E-state index in [1.165, 1.54) is 0 Å². The SMILES string of the molecule is COc1cccc([C@]23C=C(c4cc(OC)ccc4Br)CN(S(=O)(=O)c4ccc(C)cc4)C2Cc2cc(O[Si](C)(C)C(C)(C)C)cc(O[Si](C)(C)C(C)(C)C)c23)c1. The zero-order valence-corrected chi connectivity index (χ0v) is 39.7. The summed E-state index contributed by atoms with van der Waals surface area (Å²) in [4.78, 5) is 0.254. The molecule has 1 aliphatic heterocycles. The number of sulfonamides is 1. The van der Waals surface area contributed by atoms with Crippen LogP contribution in [0.25, 0.3) is 5.57 Å². The van der Waals surface area contributed by atoms with Gasteiger partial charge in [0.1, 0.15) is 23.0 Å². The van der Waals surface area contributed by atoms with E-state index in [2.05, 4.69) is 114 Å². The van der Waals surface area contributed by atoms with E-state index in [1.54, 1.807) is 30.7 Å². The molecule has 1 aliphatic carbocycles. The Morgan fingerprint density at radius 3 is 1.98 bits per heavy atom. The van der Waals surface area contributed by atoms with Gasteiger partial charge in [-0.05, 0) is 120 Å². The summed E-state index contributed by atoms with van der Waals surface area (Å²) in [7, 11) is -5.51. The second kappa shape index (κ2) is 14.8. The topological polar surface area (TPSA) is 74.3 Å². The van der Waals surface area contributed by atoms with Crippen LogP contribution in [0.1, 0.15) is 69.4 Å². The Balaban J connectivity index is 1.75. The molecule has 0 spiro atoms. The average molecular weight is 877 g/mol. The highest BCUT2D eigenvalue weighted by molar-refractivity contribution is 9.10. The van der Waals surface area contributed by atoms with Crippen molar-refractivity contribution in [1.82, 2.24) is 4.31 Å². The first-order valence-corrected chi connectivity index (χ1v) is 27.3. The van der Waals surface area contributed by atoms with Crippen LogP contribution in [0.4, 0.5) is 0 Å². The minimum atomic E-state index is -4.05. The van der Waals surface area contributed by atoms with E-state index < -0.39 is 38.1 Å². The first kappa shape index (κ1) is 42.3. The minimum Gasteiger partial charge on any atom is -0.543 e. The predicted molar refractivity (Wildman–Crippen MR) is 237 cm³/mol. The van der Waals surface area contributed by atoms with Crippen molar-refractivity contribution >= 4 is 48.2 Å². The number of ether oxygens (including phenoxy) is 2. The first-order chi connectivity index (χ1) is 25.9. The Morgan fingerprint density at radius 1 is 0.768 bits per heavy atom. The molecular weight excluding hydrogens is 819 g/mol. The molecule has 1 unspecified atom stereocenters. The molecule has 0 fully saturated rings. The standard InChI is InChI=1S/C45H58BrNO6SSi2/c1-30-17-20-37(21-18-30)54(48,49)47-29-32(38-26-35(51-9)19-22-39(38)46)28-45(33-15-14-16-34(25-33)50-8)41(47)24-31-23-36(52-55(10,11)43(2,3)4)27-40(42(31)45)53-56(12,13)44(5,6)7/h14-23,25-28,41H,24,29H2,1-13H3/t41?,45-/m1/s1. The van der Waals surface area contributed by atoms with Gasteiger partial charge in [0, 0.05) is 28.7 Å². The van der Waals surface area contributed by atoms with Crippen molar-refractivity contribution < 1.29 is 26.7 Å². The van der Waals surface area contributed by atoms with Crippen LogP contribution in [0.15, 0.2) is 94.3 Å². The van der Waals surface area contributed by atoms with Crippen molar-refractivity contribution in [3.63, 3.8) is 0 Å². The molecule has 2 atom stereocenters. The summed E-state index contributed by atoms with van der Waals surface area (Å²) in [6.45, 7) is 24.6. The first-order valence-electron chi connectivity index (χ1n) is 19.3. The van der Waals surface area contributed by atoms with Crippen molar-refractivity contribution in [2.24, 2.45) is 0 Å². The van der Waals surface area contributed by atoms with Gasteiger partial charge < -0.3 is 18.3 Å². The number of methoxy groups -OCH3 is 2. The number of rotatable bonds is 10. The second-order valence-electron chi connectivity index (χ2n) is 18.4. The van der Waals surface area contributed by atoms with Gasteiger partial charge >= 0.3 is 0 Å². The van der Waals surface area contributed by atoms with Gasteiger partial charge in [-0.1, -0.05) is 93.4 Å². The summed E-state index contributed by atoms with van der Waals surface area (Å²) < 4.78 is 59.2. The average Bonchev–Trinajstić information content (AvgIpc) is 3.45. The highest BCUT2D eigenvalue weighted by atomic mass is 79.9. The predicted octanol–water partition coefficient (Wildman–Crippen LogP) is 11.5. The lowest BCUT2D eigenvalue weighted by molar-refractivity contribution is 0.280. The summed E-state index contributed by atoms with van der Waals surface area (Å²) in [5.41, 5.74) is 4.58. The molecule has 0 amide bonds. The lowest BCUT2D eigenvalue weighted by Gasteiger charge is -2.46.